The highest BCUT2D eigenvalue weighted by atomic mass is 32.2. The Bertz CT molecular complexity index is 459. The van der Waals surface area contributed by atoms with Crippen molar-refractivity contribution >= 4 is 40.8 Å². The third-order valence-corrected chi connectivity index (χ3v) is 6.93. The molecule has 0 spiro atoms. The second kappa shape index (κ2) is 6.10. The summed E-state index contributed by atoms with van der Waals surface area (Å²) in [7, 11) is 0. The number of nitrogens with zero attached hydrogens (tertiary/aromatic N) is 1. The van der Waals surface area contributed by atoms with E-state index in [1.54, 1.807) is 0 Å². The number of aryl methyl sites for hydroxylation is 1. The lowest BCUT2D eigenvalue weighted by molar-refractivity contribution is -0.129. The maximum absolute atomic E-state index is 12.7. The number of carbonyl (C=O) groups excluding carboxylic acids is 1. The van der Waals surface area contributed by atoms with Gasteiger partial charge in [0.1, 0.15) is 5.25 Å². The topological polar surface area (TPSA) is 20.3 Å². The van der Waals surface area contributed by atoms with E-state index < -0.39 is 0 Å². The first-order chi connectivity index (χ1) is 9.29. The Morgan fingerprint density at radius 1 is 1.58 bits per heavy atom. The third kappa shape index (κ3) is 2.83. The minimum absolute atomic E-state index is 0.0722. The van der Waals surface area contributed by atoms with E-state index in [2.05, 4.69) is 22.6 Å². The average molecular weight is 314 g/mol. The van der Waals surface area contributed by atoms with Gasteiger partial charge in [-0.15, -0.1) is 23.1 Å². The maximum Gasteiger partial charge on any atom is 0.240 e. The van der Waals surface area contributed by atoms with Crippen molar-refractivity contribution in [3.8, 4) is 0 Å². The number of thioether (sulfide) groups is 2. The molecule has 2 atom stereocenters. The molecule has 1 fully saturated rings. The van der Waals surface area contributed by atoms with Crippen LogP contribution in [0.1, 0.15) is 22.1 Å². The monoisotopic (exact) mass is 313 g/mol. The fourth-order valence-corrected chi connectivity index (χ4v) is 6.04. The standard InChI is InChI=1S/C14H19NOS3/c1-17-9-10-2-5-15(8-10)14(16)13-11-3-6-18-12(11)4-7-19-13/h3,6,10,13H,2,4-5,7-9H2,1H3/t10-,13-/m1/s1. The van der Waals surface area contributed by atoms with E-state index in [0.29, 0.717) is 11.8 Å². The molecular weight excluding hydrogens is 294 g/mol. The number of hydrogen-bond acceptors (Lipinski definition) is 4. The Labute approximate surface area is 127 Å². The van der Waals surface area contributed by atoms with Gasteiger partial charge in [-0.05, 0) is 53.5 Å². The van der Waals surface area contributed by atoms with Gasteiger partial charge in [0, 0.05) is 18.0 Å². The summed E-state index contributed by atoms with van der Waals surface area (Å²) in [5, 5.41) is 2.21. The second-order valence-corrected chi connectivity index (χ2v) is 8.32. The highest BCUT2D eigenvalue weighted by Crippen LogP contribution is 2.41. The van der Waals surface area contributed by atoms with Gasteiger partial charge in [-0.25, -0.2) is 0 Å². The Hall–Kier alpha value is -0.130. The number of thiophene rings is 1. The van der Waals surface area contributed by atoms with E-state index in [1.807, 2.05) is 34.9 Å². The minimum atomic E-state index is 0.0722. The predicted octanol–water partition coefficient (Wildman–Crippen LogP) is 3.29. The van der Waals surface area contributed by atoms with Crippen molar-refractivity contribution in [2.75, 3.05) is 30.9 Å². The number of amides is 1. The van der Waals surface area contributed by atoms with Crippen LogP contribution >= 0.6 is 34.9 Å². The average Bonchev–Trinajstić information content (AvgIpc) is 3.06. The summed E-state index contributed by atoms with van der Waals surface area (Å²) in [4.78, 5) is 16.2. The molecule has 1 amide bonds. The molecule has 3 rings (SSSR count). The Kier molecular flexibility index (Phi) is 4.44. The zero-order valence-corrected chi connectivity index (χ0v) is 13.6. The molecule has 5 heteroatoms. The van der Waals surface area contributed by atoms with Crippen LogP contribution in [0.5, 0.6) is 0 Å². The molecule has 104 valence electrons. The van der Waals surface area contributed by atoms with Gasteiger partial charge in [0.05, 0.1) is 0 Å². The second-order valence-electron chi connectivity index (χ2n) is 5.19. The molecule has 19 heavy (non-hydrogen) atoms. The summed E-state index contributed by atoms with van der Waals surface area (Å²) in [5.74, 6) is 3.33. The third-order valence-electron chi connectivity index (χ3n) is 3.90. The van der Waals surface area contributed by atoms with Crippen molar-refractivity contribution < 1.29 is 4.79 Å². The minimum Gasteiger partial charge on any atom is -0.341 e. The molecular formula is C14H19NOS3. The van der Waals surface area contributed by atoms with Crippen LogP contribution in [-0.4, -0.2) is 41.7 Å². The summed E-state index contributed by atoms with van der Waals surface area (Å²) >= 11 is 5.54. The summed E-state index contributed by atoms with van der Waals surface area (Å²) in [6, 6.07) is 2.16. The lowest BCUT2D eigenvalue weighted by Gasteiger charge is -2.26. The Morgan fingerprint density at radius 3 is 3.32 bits per heavy atom. The fourth-order valence-electron chi connectivity index (χ4n) is 2.92. The number of fused-ring (bicyclic) bond motifs is 1. The van der Waals surface area contributed by atoms with Crippen molar-refractivity contribution in [3.63, 3.8) is 0 Å². The summed E-state index contributed by atoms with van der Waals surface area (Å²) in [6.45, 7) is 1.93. The van der Waals surface area contributed by atoms with Crippen molar-refractivity contribution in [2.24, 2.45) is 5.92 Å². The van der Waals surface area contributed by atoms with Crippen molar-refractivity contribution in [1.29, 1.82) is 0 Å². The van der Waals surface area contributed by atoms with Crippen molar-refractivity contribution in [3.05, 3.63) is 21.9 Å². The van der Waals surface area contributed by atoms with Crippen LogP contribution in [0.2, 0.25) is 0 Å². The number of rotatable bonds is 3. The molecule has 0 aromatic carbocycles. The smallest absolute Gasteiger partial charge is 0.240 e. The van der Waals surface area contributed by atoms with Gasteiger partial charge in [0.25, 0.3) is 0 Å². The molecule has 1 saturated heterocycles. The number of carbonyl (C=O) groups is 1. The van der Waals surface area contributed by atoms with Gasteiger partial charge in [0.2, 0.25) is 5.91 Å². The van der Waals surface area contributed by atoms with E-state index in [0.717, 1.165) is 25.3 Å². The van der Waals surface area contributed by atoms with Crippen molar-refractivity contribution in [1.82, 2.24) is 4.90 Å². The molecule has 1 aromatic rings. The first-order valence-corrected chi connectivity index (χ1v) is 10.1. The SMILES string of the molecule is CSC[C@@H]1CCN(C(=O)[C@@H]2SCCc3sccc32)C1. The van der Waals surface area contributed by atoms with E-state index in [-0.39, 0.29) is 5.25 Å². The van der Waals surface area contributed by atoms with Crippen LogP contribution in [-0.2, 0) is 11.2 Å². The molecule has 0 bridgehead atoms. The van der Waals surface area contributed by atoms with Crippen molar-refractivity contribution in [2.45, 2.75) is 18.1 Å². The molecule has 2 nitrogen and oxygen atoms in total. The van der Waals surface area contributed by atoms with Gasteiger partial charge in [-0.3, -0.25) is 4.79 Å². The highest BCUT2D eigenvalue weighted by molar-refractivity contribution is 8.00. The van der Waals surface area contributed by atoms with Gasteiger partial charge < -0.3 is 4.90 Å². The number of hydrogen-bond donors (Lipinski definition) is 0. The molecule has 2 aliphatic heterocycles. The van der Waals surface area contributed by atoms with Crippen LogP contribution in [0.25, 0.3) is 0 Å². The lowest BCUT2D eigenvalue weighted by atomic mass is 10.1. The first kappa shape index (κ1) is 13.8. The molecule has 0 unspecified atom stereocenters. The normalized spacial score (nSPS) is 26.5. The Morgan fingerprint density at radius 2 is 2.47 bits per heavy atom. The van der Waals surface area contributed by atoms with Crippen LogP contribution in [0, 0.1) is 5.92 Å². The molecule has 3 heterocycles. The molecule has 2 aliphatic rings. The van der Waals surface area contributed by atoms with Gasteiger partial charge in [-0.2, -0.15) is 11.8 Å². The maximum atomic E-state index is 12.7. The van der Waals surface area contributed by atoms with Gasteiger partial charge in [-0.1, -0.05) is 0 Å². The van der Waals surface area contributed by atoms with E-state index in [9.17, 15) is 4.79 Å². The van der Waals surface area contributed by atoms with Crippen LogP contribution in [0.3, 0.4) is 0 Å². The van der Waals surface area contributed by atoms with E-state index in [1.165, 1.54) is 22.6 Å². The summed E-state index contributed by atoms with van der Waals surface area (Å²) in [5.41, 5.74) is 1.29. The molecule has 0 aliphatic carbocycles. The molecule has 0 radical (unpaired) electrons. The highest BCUT2D eigenvalue weighted by Gasteiger charge is 2.34. The molecule has 0 saturated carbocycles. The predicted molar refractivity (Wildman–Crippen MR) is 86.3 cm³/mol. The van der Waals surface area contributed by atoms with E-state index >= 15 is 0 Å². The number of likely N-dealkylation sites (tertiary alicyclic amines) is 1. The lowest BCUT2D eigenvalue weighted by Crippen LogP contribution is -2.33. The summed E-state index contributed by atoms with van der Waals surface area (Å²) in [6.07, 6.45) is 4.47. The van der Waals surface area contributed by atoms with Crippen LogP contribution < -0.4 is 0 Å². The largest absolute Gasteiger partial charge is 0.341 e. The van der Waals surface area contributed by atoms with E-state index in [4.69, 9.17) is 0 Å². The zero-order chi connectivity index (χ0) is 13.2. The van der Waals surface area contributed by atoms with Gasteiger partial charge in [0.15, 0.2) is 0 Å². The van der Waals surface area contributed by atoms with Crippen LogP contribution in [0.4, 0.5) is 0 Å². The fraction of sp³-hybridized carbons (Fsp3) is 0.643. The molecule has 0 N–H and O–H groups in total. The first-order valence-electron chi connectivity index (χ1n) is 6.75. The summed E-state index contributed by atoms with van der Waals surface area (Å²) < 4.78 is 0. The van der Waals surface area contributed by atoms with Crippen LogP contribution in [0.15, 0.2) is 11.4 Å². The Balaban J connectivity index is 1.69. The molecule has 1 aromatic heterocycles. The van der Waals surface area contributed by atoms with Gasteiger partial charge >= 0.3 is 0 Å². The quantitative estimate of drug-likeness (QED) is 0.854. The zero-order valence-electron chi connectivity index (χ0n) is 11.1.